The van der Waals surface area contributed by atoms with Gasteiger partial charge in [-0.2, -0.15) is 0 Å². The zero-order valence-electron chi connectivity index (χ0n) is 5.64. The molecule has 0 aliphatic carbocycles. The molecule has 0 spiro atoms. The second-order valence-corrected chi connectivity index (χ2v) is 4.45. The van der Waals surface area contributed by atoms with Crippen LogP contribution in [0.1, 0.15) is 5.56 Å². The molecule has 0 aliphatic rings. The van der Waals surface area contributed by atoms with Crippen molar-refractivity contribution >= 4 is 52.6 Å². The van der Waals surface area contributed by atoms with Gasteiger partial charge in [-0.3, -0.25) is 4.79 Å². The van der Waals surface area contributed by atoms with Crippen LogP contribution < -0.4 is 0 Å². The smallest absolute Gasteiger partial charge is 0.293 e. The van der Waals surface area contributed by atoms with Crippen LogP contribution in [0.5, 0.6) is 0 Å². The third-order valence-corrected chi connectivity index (χ3v) is 3.46. The summed E-state index contributed by atoms with van der Waals surface area (Å²) in [6.45, 7) is 0.391. The van der Waals surface area contributed by atoms with Crippen LogP contribution in [0.15, 0.2) is 0 Å². The summed E-state index contributed by atoms with van der Waals surface area (Å²) in [6.07, 6.45) is 0. The fourth-order valence-electron chi connectivity index (χ4n) is 0.627. The number of hydrogen-bond acceptors (Lipinski definition) is 3. The van der Waals surface area contributed by atoms with Gasteiger partial charge in [-0.15, -0.1) is 11.3 Å². The van der Waals surface area contributed by atoms with Crippen LogP contribution in [0, 0.1) is 0 Å². The topological polar surface area (TPSA) is 26.3 Å². The highest BCUT2D eigenvalue weighted by atomic mass is 35.5. The average molecular weight is 246 g/mol. The van der Waals surface area contributed by atoms with Crippen LogP contribution in [-0.2, 0) is 16.1 Å². The molecule has 12 heavy (non-hydrogen) atoms. The summed E-state index contributed by atoms with van der Waals surface area (Å²) in [6, 6.07) is 0. The van der Waals surface area contributed by atoms with E-state index in [9.17, 15) is 4.79 Å². The molecule has 0 atom stereocenters. The van der Waals surface area contributed by atoms with Crippen molar-refractivity contribution in [3.8, 4) is 0 Å². The van der Waals surface area contributed by atoms with Crippen LogP contribution in [-0.4, -0.2) is 6.47 Å². The molecule has 66 valence electrons. The lowest BCUT2D eigenvalue weighted by atomic mass is 10.4. The Labute approximate surface area is 88.0 Å². The Balaban J connectivity index is 2.89. The first kappa shape index (κ1) is 10.1. The van der Waals surface area contributed by atoms with E-state index < -0.39 is 0 Å². The molecule has 0 saturated carbocycles. The minimum atomic E-state index is 0.0599. The van der Waals surface area contributed by atoms with Crippen molar-refractivity contribution < 1.29 is 9.53 Å². The van der Waals surface area contributed by atoms with E-state index >= 15 is 0 Å². The lowest BCUT2D eigenvalue weighted by Gasteiger charge is -1.96. The Morgan fingerprint density at radius 1 is 1.33 bits per heavy atom. The minimum absolute atomic E-state index is 0.0599. The maximum Gasteiger partial charge on any atom is 0.293 e. The van der Waals surface area contributed by atoms with E-state index in [1.54, 1.807) is 0 Å². The molecule has 1 heterocycles. The summed E-state index contributed by atoms with van der Waals surface area (Å²) >= 11 is 18.3. The second-order valence-electron chi connectivity index (χ2n) is 1.85. The second kappa shape index (κ2) is 4.33. The van der Waals surface area contributed by atoms with Crippen molar-refractivity contribution in [2.24, 2.45) is 0 Å². The molecule has 0 fully saturated rings. The lowest BCUT2D eigenvalue weighted by molar-refractivity contribution is -0.129. The van der Waals surface area contributed by atoms with Gasteiger partial charge in [0.05, 0.1) is 5.02 Å². The van der Waals surface area contributed by atoms with Crippen molar-refractivity contribution in [3.63, 3.8) is 0 Å². The minimum Gasteiger partial charge on any atom is -0.463 e. The third kappa shape index (κ3) is 2.04. The number of rotatable bonds is 3. The van der Waals surface area contributed by atoms with E-state index in [-0.39, 0.29) is 6.61 Å². The number of ether oxygens (including phenoxy) is 1. The zero-order valence-corrected chi connectivity index (χ0v) is 8.73. The number of thiophene rings is 1. The average Bonchev–Trinajstić information content (AvgIpc) is 2.25. The van der Waals surface area contributed by atoms with Crippen molar-refractivity contribution in [1.29, 1.82) is 0 Å². The Kier molecular flexibility index (Phi) is 3.65. The van der Waals surface area contributed by atoms with E-state index in [4.69, 9.17) is 34.8 Å². The van der Waals surface area contributed by atoms with Crippen LogP contribution >= 0.6 is 46.1 Å². The van der Waals surface area contributed by atoms with Crippen LogP contribution in [0.2, 0.25) is 13.7 Å². The highest BCUT2D eigenvalue weighted by molar-refractivity contribution is 7.20. The lowest BCUT2D eigenvalue weighted by Crippen LogP contribution is -1.88. The van der Waals surface area contributed by atoms with Gasteiger partial charge in [-0.05, 0) is 0 Å². The number of carbonyl (C=O) groups excluding carboxylic acids is 1. The van der Waals surface area contributed by atoms with Gasteiger partial charge in [0.15, 0.2) is 0 Å². The van der Waals surface area contributed by atoms with Crippen LogP contribution in [0.25, 0.3) is 0 Å². The monoisotopic (exact) mass is 244 g/mol. The van der Waals surface area contributed by atoms with Crippen molar-refractivity contribution in [1.82, 2.24) is 0 Å². The summed E-state index contributed by atoms with van der Waals surface area (Å²) in [4.78, 5) is 9.87. The van der Waals surface area contributed by atoms with Gasteiger partial charge in [-0.1, -0.05) is 34.8 Å². The predicted molar refractivity (Wildman–Crippen MR) is 50.2 cm³/mol. The fourth-order valence-corrected chi connectivity index (χ4v) is 2.50. The maximum absolute atomic E-state index is 9.87. The summed E-state index contributed by atoms with van der Waals surface area (Å²) in [5.41, 5.74) is 0.556. The van der Waals surface area contributed by atoms with Gasteiger partial charge in [0.2, 0.25) is 0 Å². The van der Waals surface area contributed by atoms with Crippen molar-refractivity contribution in [2.75, 3.05) is 0 Å². The zero-order chi connectivity index (χ0) is 9.14. The Bertz CT molecular complexity index is 297. The molecule has 1 aromatic heterocycles. The summed E-state index contributed by atoms with van der Waals surface area (Å²) in [5.74, 6) is 0. The quantitative estimate of drug-likeness (QED) is 0.763. The first-order valence-corrected chi connectivity index (χ1v) is 4.79. The molecule has 0 radical (unpaired) electrons. The first-order chi connectivity index (χ1) is 5.66. The molecule has 0 N–H and O–H groups in total. The molecule has 2 nitrogen and oxygen atoms in total. The fraction of sp³-hybridized carbons (Fsp3) is 0.167. The number of hydrogen-bond donors (Lipinski definition) is 0. The van der Waals surface area contributed by atoms with Crippen LogP contribution in [0.3, 0.4) is 0 Å². The van der Waals surface area contributed by atoms with Gasteiger partial charge in [0, 0.05) is 5.56 Å². The van der Waals surface area contributed by atoms with Gasteiger partial charge in [-0.25, -0.2) is 0 Å². The SMILES string of the molecule is O=COCc1c(Cl)sc(Cl)c1Cl. The normalized spacial score (nSPS) is 9.92. The highest BCUT2D eigenvalue weighted by Gasteiger charge is 2.13. The molecule has 1 aromatic rings. The molecule has 0 saturated heterocycles. The van der Waals surface area contributed by atoms with Crippen molar-refractivity contribution in [2.45, 2.75) is 6.61 Å². The number of carbonyl (C=O) groups is 1. The predicted octanol–water partition coefficient (Wildman–Crippen LogP) is 3.38. The van der Waals surface area contributed by atoms with E-state index in [2.05, 4.69) is 4.74 Å². The van der Waals surface area contributed by atoms with Gasteiger partial charge >= 0.3 is 0 Å². The summed E-state index contributed by atoms with van der Waals surface area (Å²) < 4.78 is 5.35. The van der Waals surface area contributed by atoms with E-state index in [0.29, 0.717) is 25.7 Å². The largest absolute Gasteiger partial charge is 0.463 e. The van der Waals surface area contributed by atoms with E-state index in [0.717, 1.165) is 11.3 Å². The molecular weight excluding hydrogens is 242 g/mol. The third-order valence-electron chi connectivity index (χ3n) is 1.15. The molecule has 0 bridgehead atoms. The summed E-state index contributed by atoms with van der Waals surface area (Å²) in [5, 5.41) is 0.355. The maximum atomic E-state index is 9.87. The first-order valence-electron chi connectivity index (χ1n) is 2.84. The molecule has 0 amide bonds. The Hall–Kier alpha value is 0.0400. The van der Waals surface area contributed by atoms with E-state index in [1.165, 1.54) is 0 Å². The van der Waals surface area contributed by atoms with Gasteiger partial charge < -0.3 is 4.74 Å². The molecule has 1 rings (SSSR count). The van der Waals surface area contributed by atoms with Crippen molar-refractivity contribution in [3.05, 3.63) is 19.3 Å². The molecule has 0 aromatic carbocycles. The Morgan fingerprint density at radius 3 is 2.42 bits per heavy atom. The number of halogens is 3. The van der Waals surface area contributed by atoms with E-state index in [1.807, 2.05) is 0 Å². The standard InChI is InChI=1S/C6H3Cl3O2S/c7-4-3(1-11-2-10)5(8)12-6(4)9/h2H,1H2. The van der Waals surface area contributed by atoms with Crippen LogP contribution in [0.4, 0.5) is 0 Å². The molecule has 6 heteroatoms. The summed E-state index contributed by atoms with van der Waals surface area (Å²) in [7, 11) is 0. The van der Waals surface area contributed by atoms with Gasteiger partial charge in [0.1, 0.15) is 15.3 Å². The molecular formula is C6H3Cl3O2S. The molecule has 0 unspecified atom stereocenters. The van der Waals surface area contributed by atoms with Gasteiger partial charge in [0.25, 0.3) is 6.47 Å². The Morgan fingerprint density at radius 2 is 2.00 bits per heavy atom. The molecule has 0 aliphatic heterocycles. The highest BCUT2D eigenvalue weighted by Crippen LogP contribution is 2.40.